The van der Waals surface area contributed by atoms with Crippen LogP contribution in [0.2, 0.25) is 0 Å². The molecule has 26 heavy (non-hydrogen) atoms. The van der Waals surface area contributed by atoms with Gasteiger partial charge in [-0.25, -0.2) is 4.99 Å². The van der Waals surface area contributed by atoms with Crippen LogP contribution in [0.4, 0.5) is 8.78 Å². The van der Waals surface area contributed by atoms with Crippen LogP contribution < -0.4 is 15.4 Å². The first-order valence-corrected chi connectivity index (χ1v) is 8.60. The van der Waals surface area contributed by atoms with Gasteiger partial charge < -0.3 is 20.1 Å². The zero-order valence-corrected chi connectivity index (χ0v) is 18.2. The summed E-state index contributed by atoms with van der Waals surface area (Å²) in [4.78, 5) is 4.45. The van der Waals surface area contributed by atoms with E-state index in [4.69, 9.17) is 4.74 Å². The molecule has 2 N–H and O–H groups in total. The van der Waals surface area contributed by atoms with Gasteiger partial charge in [0.15, 0.2) is 5.96 Å². The van der Waals surface area contributed by atoms with E-state index in [9.17, 15) is 8.78 Å². The molecule has 1 rings (SSSR count). The summed E-state index contributed by atoms with van der Waals surface area (Å²) in [6.45, 7) is 7.37. The number of halogens is 3. The predicted octanol–water partition coefficient (Wildman–Crippen LogP) is 4.08. The molecular formula is C18H30F2IN3O2. The molecule has 0 bridgehead atoms. The van der Waals surface area contributed by atoms with Crippen LogP contribution in [0.15, 0.2) is 23.2 Å². The van der Waals surface area contributed by atoms with Crippen LogP contribution in [-0.2, 0) is 11.3 Å². The number of aliphatic imine (C=N–C) groups is 1. The molecule has 8 heteroatoms. The summed E-state index contributed by atoms with van der Waals surface area (Å²) in [6.07, 6.45) is 1.07. The highest BCUT2D eigenvalue weighted by Gasteiger charge is 2.10. The maximum atomic E-state index is 12.5. The van der Waals surface area contributed by atoms with Crippen LogP contribution in [0.1, 0.15) is 38.3 Å². The van der Waals surface area contributed by atoms with Gasteiger partial charge in [-0.2, -0.15) is 8.78 Å². The number of benzene rings is 1. The Labute approximate surface area is 172 Å². The zero-order chi connectivity index (χ0) is 18.7. The van der Waals surface area contributed by atoms with Crippen molar-refractivity contribution < 1.29 is 18.3 Å². The first kappa shape index (κ1) is 24.8. The Morgan fingerprint density at radius 2 is 1.96 bits per heavy atom. The SMILES string of the molecule is CCNC(=NCc1cc(C)ccc1OC(F)F)NCCCOC(C)C.I. The summed E-state index contributed by atoms with van der Waals surface area (Å²) in [7, 11) is 0. The molecule has 0 aliphatic carbocycles. The second-order valence-corrected chi connectivity index (χ2v) is 5.88. The van der Waals surface area contributed by atoms with E-state index in [1.165, 1.54) is 0 Å². The van der Waals surface area contributed by atoms with Crippen molar-refractivity contribution in [3.63, 3.8) is 0 Å². The van der Waals surface area contributed by atoms with Gasteiger partial charge in [-0.15, -0.1) is 24.0 Å². The Kier molecular flexibility index (Phi) is 13.3. The van der Waals surface area contributed by atoms with Crippen molar-refractivity contribution in [2.75, 3.05) is 19.7 Å². The molecule has 0 aromatic heterocycles. The summed E-state index contributed by atoms with van der Waals surface area (Å²) in [6, 6.07) is 5.10. The first-order chi connectivity index (χ1) is 11.9. The smallest absolute Gasteiger partial charge is 0.387 e. The van der Waals surface area contributed by atoms with Crippen molar-refractivity contribution in [1.82, 2.24) is 10.6 Å². The first-order valence-electron chi connectivity index (χ1n) is 8.60. The van der Waals surface area contributed by atoms with E-state index in [1.807, 2.05) is 27.7 Å². The van der Waals surface area contributed by atoms with Crippen LogP contribution in [-0.4, -0.2) is 38.4 Å². The summed E-state index contributed by atoms with van der Waals surface area (Å²) >= 11 is 0. The number of guanidine groups is 1. The fourth-order valence-corrected chi connectivity index (χ4v) is 2.15. The van der Waals surface area contributed by atoms with Crippen molar-refractivity contribution in [2.24, 2.45) is 4.99 Å². The van der Waals surface area contributed by atoms with Crippen molar-refractivity contribution in [3.8, 4) is 5.75 Å². The number of alkyl halides is 2. The molecule has 0 unspecified atom stereocenters. The minimum Gasteiger partial charge on any atom is -0.434 e. The molecular weight excluding hydrogens is 455 g/mol. The van der Waals surface area contributed by atoms with Crippen molar-refractivity contribution >= 4 is 29.9 Å². The molecule has 1 aromatic carbocycles. The van der Waals surface area contributed by atoms with E-state index < -0.39 is 6.61 Å². The summed E-state index contributed by atoms with van der Waals surface area (Å²) in [5.74, 6) is 0.794. The number of ether oxygens (including phenoxy) is 2. The highest BCUT2D eigenvalue weighted by molar-refractivity contribution is 14.0. The molecule has 0 saturated heterocycles. The Hall–Kier alpha value is -1.16. The Morgan fingerprint density at radius 3 is 2.58 bits per heavy atom. The van der Waals surface area contributed by atoms with E-state index in [0.29, 0.717) is 31.2 Å². The third-order valence-corrected chi connectivity index (χ3v) is 3.25. The van der Waals surface area contributed by atoms with E-state index in [1.54, 1.807) is 18.2 Å². The quantitative estimate of drug-likeness (QED) is 0.227. The van der Waals surface area contributed by atoms with Crippen LogP contribution in [0.25, 0.3) is 0 Å². The lowest BCUT2D eigenvalue weighted by Crippen LogP contribution is -2.38. The fraction of sp³-hybridized carbons (Fsp3) is 0.611. The fourth-order valence-electron chi connectivity index (χ4n) is 2.15. The van der Waals surface area contributed by atoms with Crippen molar-refractivity contribution in [2.45, 2.75) is 53.4 Å². The Balaban J connectivity index is 0.00000625. The Morgan fingerprint density at radius 1 is 1.23 bits per heavy atom. The number of aryl methyl sites for hydroxylation is 1. The highest BCUT2D eigenvalue weighted by atomic mass is 127. The normalized spacial score (nSPS) is 11.5. The number of rotatable bonds is 10. The van der Waals surface area contributed by atoms with E-state index in [-0.39, 0.29) is 42.4 Å². The van der Waals surface area contributed by atoms with Gasteiger partial charge in [-0.1, -0.05) is 17.7 Å². The highest BCUT2D eigenvalue weighted by Crippen LogP contribution is 2.22. The van der Waals surface area contributed by atoms with Crippen molar-refractivity contribution in [1.29, 1.82) is 0 Å². The second kappa shape index (κ2) is 14.0. The molecule has 0 aliphatic heterocycles. The van der Waals surface area contributed by atoms with Gasteiger partial charge in [0.25, 0.3) is 0 Å². The predicted molar refractivity (Wildman–Crippen MR) is 112 cm³/mol. The number of nitrogens with zero attached hydrogens (tertiary/aromatic N) is 1. The summed E-state index contributed by atoms with van der Waals surface area (Å²) in [5, 5.41) is 6.35. The molecule has 0 saturated carbocycles. The average molecular weight is 485 g/mol. The van der Waals surface area contributed by atoms with Gasteiger partial charge in [0.1, 0.15) is 5.75 Å². The molecule has 0 amide bonds. The second-order valence-electron chi connectivity index (χ2n) is 5.88. The van der Waals surface area contributed by atoms with Crippen molar-refractivity contribution in [3.05, 3.63) is 29.3 Å². The third-order valence-electron chi connectivity index (χ3n) is 3.25. The number of hydrogen-bond donors (Lipinski definition) is 2. The van der Waals surface area contributed by atoms with E-state index in [2.05, 4.69) is 20.4 Å². The molecule has 0 aliphatic rings. The van der Waals surface area contributed by atoms with Crippen LogP contribution >= 0.6 is 24.0 Å². The lowest BCUT2D eigenvalue weighted by molar-refractivity contribution is -0.0504. The van der Waals surface area contributed by atoms with E-state index >= 15 is 0 Å². The maximum absolute atomic E-state index is 12.5. The Bertz CT molecular complexity index is 543. The van der Waals surface area contributed by atoms with Gasteiger partial charge in [-0.3, -0.25) is 0 Å². The summed E-state index contributed by atoms with van der Waals surface area (Å²) in [5.41, 5.74) is 1.59. The van der Waals surface area contributed by atoms with Gasteiger partial charge in [0.2, 0.25) is 0 Å². The number of nitrogens with one attached hydrogen (secondary N) is 2. The lowest BCUT2D eigenvalue weighted by atomic mass is 10.1. The molecule has 150 valence electrons. The standard InChI is InChI=1S/C18H29F2N3O2.HI/c1-5-21-18(22-9-6-10-24-13(2)3)23-12-15-11-14(4)7-8-16(15)25-17(19)20;/h7-8,11,13,17H,5-6,9-10,12H2,1-4H3,(H2,21,22,23);1H. The average Bonchev–Trinajstić information content (AvgIpc) is 2.53. The van der Waals surface area contributed by atoms with Gasteiger partial charge in [-0.05, 0) is 40.2 Å². The van der Waals surface area contributed by atoms with Gasteiger partial charge in [0.05, 0.1) is 12.6 Å². The molecule has 1 aromatic rings. The molecule has 0 fully saturated rings. The monoisotopic (exact) mass is 485 g/mol. The van der Waals surface area contributed by atoms with Crippen LogP contribution in [0.3, 0.4) is 0 Å². The molecule has 0 spiro atoms. The third kappa shape index (κ3) is 10.7. The molecule has 0 heterocycles. The van der Waals surface area contributed by atoms with E-state index in [0.717, 1.165) is 12.0 Å². The number of hydrogen-bond acceptors (Lipinski definition) is 3. The molecule has 0 atom stereocenters. The van der Waals surface area contributed by atoms with Crippen LogP contribution in [0, 0.1) is 6.92 Å². The molecule has 5 nitrogen and oxygen atoms in total. The summed E-state index contributed by atoms with van der Waals surface area (Å²) < 4.78 is 35.1. The van der Waals surface area contributed by atoms with Gasteiger partial charge >= 0.3 is 6.61 Å². The lowest BCUT2D eigenvalue weighted by Gasteiger charge is -2.13. The topological polar surface area (TPSA) is 54.9 Å². The van der Waals surface area contributed by atoms with Gasteiger partial charge in [0, 0.05) is 25.3 Å². The zero-order valence-electron chi connectivity index (χ0n) is 15.9. The van der Waals surface area contributed by atoms with Crippen LogP contribution in [0.5, 0.6) is 5.75 Å². The minimum absolute atomic E-state index is 0. The molecule has 0 radical (unpaired) electrons. The maximum Gasteiger partial charge on any atom is 0.387 e. The minimum atomic E-state index is -2.85. The largest absolute Gasteiger partial charge is 0.434 e.